The van der Waals surface area contributed by atoms with Crippen molar-refractivity contribution < 1.29 is 24.9 Å². The predicted octanol–water partition coefficient (Wildman–Crippen LogP) is -3.59. The van der Waals surface area contributed by atoms with Gasteiger partial charge in [-0.15, -0.1) is 0 Å². The molecule has 12 heteroatoms. The number of aliphatic hydroxyl groups is 2. The Labute approximate surface area is 159 Å². The lowest BCUT2D eigenvalue weighted by Gasteiger charge is -2.26. The SMILES string of the molecule is C[S+](CC[C@H](N)C(=O)[O-])C[C@H]1O[C@@H](N2CNc3c(N)ncnc32)[C@H](O)[C@@H]1O. The van der Waals surface area contributed by atoms with E-state index in [1.54, 1.807) is 4.90 Å². The molecule has 3 rings (SSSR count). The summed E-state index contributed by atoms with van der Waals surface area (Å²) in [7, 11) is -0.245. The Balaban J connectivity index is 1.62. The Morgan fingerprint density at radius 2 is 2.26 bits per heavy atom. The highest BCUT2D eigenvalue weighted by Crippen LogP contribution is 2.37. The van der Waals surface area contributed by atoms with Crippen molar-refractivity contribution in [3.05, 3.63) is 6.33 Å². The summed E-state index contributed by atoms with van der Waals surface area (Å²) in [4.78, 5) is 20.5. The average Bonchev–Trinajstić information content (AvgIpc) is 3.17. The van der Waals surface area contributed by atoms with Gasteiger partial charge in [-0.1, -0.05) is 0 Å². The van der Waals surface area contributed by atoms with Gasteiger partial charge in [-0.3, -0.25) is 0 Å². The van der Waals surface area contributed by atoms with Gasteiger partial charge in [0.2, 0.25) is 0 Å². The minimum Gasteiger partial charge on any atom is -0.548 e. The van der Waals surface area contributed by atoms with Crippen LogP contribution in [0.1, 0.15) is 6.42 Å². The molecule has 0 saturated carbocycles. The van der Waals surface area contributed by atoms with E-state index in [0.29, 0.717) is 35.5 Å². The van der Waals surface area contributed by atoms with Crippen LogP contribution in [0.2, 0.25) is 0 Å². The van der Waals surface area contributed by atoms with E-state index >= 15 is 0 Å². The van der Waals surface area contributed by atoms with Gasteiger partial charge in [0.15, 0.2) is 17.9 Å². The normalized spacial score (nSPS) is 29.3. The Hall–Kier alpha value is -1.86. The first-order chi connectivity index (χ1) is 12.8. The van der Waals surface area contributed by atoms with Crippen molar-refractivity contribution in [1.82, 2.24) is 9.97 Å². The van der Waals surface area contributed by atoms with Crippen molar-refractivity contribution in [2.45, 2.75) is 37.0 Å². The van der Waals surface area contributed by atoms with Crippen LogP contribution in [0.25, 0.3) is 0 Å². The summed E-state index contributed by atoms with van der Waals surface area (Å²) < 4.78 is 5.92. The maximum atomic E-state index is 10.7. The van der Waals surface area contributed by atoms with Crippen LogP contribution in [0.15, 0.2) is 6.33 Å². The monoisotopic (exact) mass is 400 g/mol. The van der Waals surface area contributed by atoms with E-state index in [4.69, 9.17) is 16.2 Å². The number of nitrogens with two attached hydrogens (primary N) is 2. The molecular weight excluding hydrogens is 376 g/mol. The minimum atomic E-state index is -1.28. The molecule has 27 heavy (non-hydrogen) atoms. The number of aromatic nitrogens is 2. The highest BCUT2D eigenvalue weighted by molar-refractivity contribution is 7.96. The second-order valence-electron chi connectivity index (χ2n) is 6.67. The zero-order chi connectivity index (χ0) is 19.7. The third kappa shape index (κ3) is 4.04. The van der Waals surface area contributed by atoms with E-state index in [1.807, 2.05) is 6.26 Å². The molecule has 0 aliphatic carbocycles. The predicted molar refractivity (Wildman–Crippen MR) is 98.7 cm³/mol. The van der Waals surface area contributed by atoms with Gasteiger partial charge in [-0.05, 0) is 10.9 Å². The van der Waals surface area contributed by atoms with Gasteiger partial charge in [-0.25, -0.2) is 9.97 Å². The third-order valence-corrected chi connectivity index (χ3v) is 6.56. The molecule has 0 spiro atoms. The van der Waals surface area contributed by atoms with Crippen LogP contribution in [0.3, 0.4) is 0 Å². The molecular formula is C15H24N6O5S. The van der Waals surface area contributed by atoms with Crippen molar-refractivity contribution in [3.63, 3.8) is 0 Å². The van der Waals surface area contributed by atoms with Crippen molar-refractivity contribution in [1.29, 1.82) is 0 Å². The van der Waals surface area contributed by atoms with Crippen LogP contribution >= 0.6 is 0 Å². The van der Waals surface area contributed by atoms with Crippen molar-refractivity contribution >= 4 is 34.2 Å². The summed E-state index contributed by atoms with van der Waals surface area (Å²) in [5.74, 6) is 0.580. The number of carboxylic acids is 1. The fourth-order valence-corrected chi connectivity index (χ4v) is 4.82. The van der Waals surface area contributed by atoms with E-state index in [-0.39, 0.29) is 17.3 Å². The molecule has 150 valence electrons. The number of carbonyl (C=O) groups excluding carboxylic acids is 1. The minimum absolute atomic E-state index is 0.245. The van der Waals surface area contributed by atoms with Crippen LogP contribution in [0.4, 0.5) is 17.3 Å². The lowest BCUT2D eigenvalue weighted by molar-refractivity contribution is -0.307. The van der Waals surface area contributed by atoms with Crippen LogP contribution in [-0.2, 0) is 20.4 Å². The van der Waals surface area contributed by atoms with Gasteiger partial charge in [-0.2, -0.15) is 0 Å². The molecule has 1 fully saturated rings. The Kier molecular flexibility index (Phi) is 5.91. The summed E-state index contributed by atoms with van der Waals surface area (Å²) in [6.07, 6.45) is 0.00281. The van der Waals surface area contributed by atoms with Crippen LogP contribution < -0.4 is 26.8 Å². The largest absolute Gasteiger partial charge is 0.548 e. The lowest BCUT2D eigenvalue weighted by atomic mass is 10.1. The van der Waals surface area contributed by atoms with Crippen LogP contribution in [0.5, 0.6) is 0 Å². The number of aliphatic hydroxyl groups excluding tert-OH is 2. The molecule has 11 nitrogen and oxygen atoms in total. The first kappa shape index (κ1) is 19.9. The molecule has 3 heterocycles. The first-order valence-corrected chi connectivity index (χ1v) is 10.4. The van der Waals surface area contributed by atoms with Gasteiger partial charge >= 0.3 is 0 Å². The zero-order valence-corrected chi connectivity index (χ0v) is 15.6. The molecule has 2 aliphatic heterocycles. The summed E-state index contributed by atoms with van der Waals surface area (Å²) in [5, 5.41) is 34.6. The summed E-state index contributed by atoms with van der Waals surface area (Å²) in [6.45, 7) is 0.317. The summed E-state index contributed by atoms with van der Waals surface area (Å²) in [6, 6.07) is -1.01. The highest BCUT2D eigenvalue weighted by Gasteiger charge is 2.49. The smallest absolute Gasteiger partial charge is 0.162 e. The maximum absolute atomic E-state index is 10.7. The van der Waals surface area contributed by atoms with Crippen LogP contribution in [-0.4, -0.2) is 81.2 Å². The molecule has 2 aliphatic rings. The number of aliphatic carboxylic acids is 1. The topological polar surface area (TPSA) is 183 Å². The van der Waals surface area contributed by atoms with E-state index < -0.39 is 36.6 Å². The van der Waals surface area contributed by atoms with E-state index in [9.17, 15) is 20.1 Å². The Morgan fingerprint density at radius 3 is 2.96 bits per heavy atom. The van der Waals surface area contributed by atoms with Gasteiger partial charge in [0.05, 0.1) is 18.9 Å². The molecule has 1 aromatic heterocycles. The summed E-state index contributed by atoms with van der Waals surface area (Å²) in [5.41, 5.74) is 11.9. The van der Waals surface area contributed by atoms with Gasteiger partial charge in [0.1, 0.15) is 41.8 Å². The van der Waals surface area contributed by atoms with Gasteiger partial charge < -0.3 is 46.5 Å². The third-order valence-electron chi connectivity index (χ3n) is 4.73. The number of nitrogens with one attached hydrogen (secondary N) is 1. The fraction of sp³-hybridized carbons (Fsp3) is 0.667. The molecule has 0 bridgehead atoms. The van der Waals surface area contributed by atoms with Gasteiger partial charge in [0, 0.05) is 12.5 Å². The number of nitrogens with zero attached hydrogens (tertiary/aromatic N) is 3. The second-order valence-corrected chi connectivity index (χ2v) is 8.98. The number of carboxylic acid groups (broad SMARTS) is 1. The maximum Gasteiger partial charge on any atom is 0.162 e. The van der Waals surface area contributed by atoms with E-state index in [1.165, 1.54) is 6.33 Å². The summed E-state index contributed by atoms with van der Waals surface area (Å²) >= 11 is 0. The van der Waals surface area contributed by atoms with E-state index in [0.717, 1.165) is 0 Å². The second kappa shape index (κ2) is 8.02. The molecule has 0 aromatic carbocycles. The standard InChI is InChI=1S/C15H24N6O5S/c1-27(3-2-7(16)15(24)25)4-8-10(22)11(23)14(26-8)21-6-20-9-12(17)18-5-19-13(9)21/h5,7-8,10-11,14,20,22-23H,2-4,6,16H2,1H3,(H2-,17,18,19,24,25)/t7-,8+,10+,11+,14+,27?/m0/s1. The van der Waals surface area contributed by atoms with Crippen molar-refractivity contribution in [3.8, 4) is 0 Å². The lowest BCUT2D eigenvalue weighted by Crippen LogP contribution is -2.44. The van der Waals surface area contributed by atoms with E-state index in [2.05, 4.69) is 15.3 Å². The number of fused-ring (bicyclic) bond motifs is 1. The quantitative estimate of drug-likeness (QED) is 0.285. The van der Waals surface area contributed by atoms with Crippen molar-refractivity contribution in [2.75, 3.05) is 40.4 Å². The fourth-order valence-electron chi connectivity index (χ4n) is 3.16. The molecule has 0 amide bonds. The molecule has 0 radical (unpaired) electrons. The number of nitrogen functional groups attached to an aromatic ring is 1. The Morgan fingerprint density at radius 1 is 1.52 bits per heavy atom. The van der Waals surface area contributed by atoms with Crippen LogP contribution in [0, 0.1) is 0 Å². The highest BCUT2D eigenvalue weighted by atomic mass is 32.2. The molecule has 6 atom stereocenters. The number of ether oxygens (including phenoxy) is 1. The first-order valence-electron chi connectivity index (χ1n) is 8.47. The number of hydrogen-bond donors (Lipinski definition) is 5. The number of anilines is 3. The number of hydrogen-bond acceptors (Lipinski definition) is 11. The van der Waals surface area contributed by atoms with Crippen molar-refractivity contribution in [2.24, 2.45) is 5.73 Å². The average molecular weight is 400 g/mol. The molecule has 7 N–H and O–H groups in total. The molecule has 1 aromatic rings. The number of carbonyl (C=O) groups is 1. The molecule has 1 saturated heterocycles. The van der Waals surface area contributed by atoms with Gasteiger partial charge in [0.25, 0.3) is 0 Å². The Bertz CT molecular complexity index is 697. The number of rotatable bonds is 7. The zero-order valence-electron chi connectivity index (χ0n) is 14.8. The molecule has 1 unspecified atom stereocenters.